The zero-order valence-corrected chi connectivity index (χ0v) is 29.4. The first-order valence-electron chi connectivity index (χ1n) is 16.8. The number of amides is 3. The highest BCUT2D eigenvalue weighted by molar-refractivity contribution is 6.73. The molecule has 0 radical (unpaired) electrons. The molecular weight excluding hydrogens is 693 g/mol. The summed E-state index contributed by atoms with van der Waals surface area (Å²) in [6.45, 7) is 1.69. The molecule has 3 aromatic rings. The SMILES string of the molecule is C#CCN(c1ccc(C(=O)N[C@@H](CCC(=O)N[C@H](CCC(=O)O)C(=O)N2CC[Si]2(C)O)C(=O)O)cc1)[C@H]1CCc2cc3nc(CO)[nH]c(=O)c3cc21. The number of aliphatic hydroxyl groups excluding tert-OH is 1. The van der Waals surface area contributed by atoms with Gasteiger partial charge in [-0.1, -0.05) is 5.92 Å². The summed E-state index contributed by atoms with van der Waals surface area (Å²) in [7, 11) is -2.94. The first-order chi connectivity index (χ1) is 24.7. The average molecular weight is 733 g/mol. The number of fused-ring (bicyclic) bond motifs is 2. The summed E-state index contributed by atoms with van der Waals surface area (Å²) in [6, 6.07) is 7.67. The van der Waals surface area contributed by atoms with Gasteiger partial charge in [0, 0.05) is 36.7 Å². The third kappa shape index (κ3) is 8.31. The van der Waals surface area contributed by atoms with Gasteiger partial charge >= 0.3 is 11.9 Å². The number of carbonyl (C=O) groups excluding carboxylic acids is 3. The summed E-state index contributed by atoms with van der Waals surface area (Å²) in [4.78, 5) is 94.0. The lowest BCUT2D eigenvalue weighted by atomic mass is 10.0. The number of aromatic amines is 1. The van der Waals surface area contributed by atoms with E-state index < -0.39 is 63.3 Å². The molecule has 16 nitrogen and oxygen atoms in total. The van der Waals surface area contributed by atoms with Crippen LogP contribution in [-0.4, -0.2) is 98.0 Å². The Morgan fingerprint density at radius 3 is 2.40 bits per heavy atom. The number of carboxylic acid groups (broad SMARTS) is 2. The van der Waals surface area contributed by atoms with E-state index >= 15 is 0 Å². The molecule has 2 aromatic carbocycles. The Balaban J connectivity index is 1.23. The molecule has 1 aliphatic heterocycles. The molecule has 7 N–H and O–H groups in total. The summed E-state index contributed by atoms with van der Waals surface area (Å²) in [5.74, 6) is -1.70. The molecule has 4 atom stereocenters. The van der Waals surface area contributed by atoms with Crippen LogP contribution in [0.4, 0.5) is 5.69 Å². The fourth-order valence-electron chi connectivity index (χ4n) is 6.60. The van der Waals surface area contributed by atoms with Crippen molar-refractivity contribution in [3.05, 3.63) is 69.3 Å². The van der Waals surface area contributed by atoms with Gasteiger partial charge < -0.3 is 45.2 Å². The first kappa shape index (κ1) is 37.7. The number of hydrogen-bond acceptors (Lipinski definition) is 10. The number of carbonyl (C=O) groups is 5. The van der Waals surface area contributed by atoms with E-state index in [1.165, 1.54) is 16.7 Å². The zero-order valence-electron chi connectivity index (χ0n) is 28.4. The monoisotopic (exact) mass is 732 g/mol. The molecule has 0 saturated carbocycles. The van der Waals surface area contributed by atoms with Gasteiger partial charge in [0.15, 0.2) is 0 Å². The maximum absolute atomic E-state index is 13.1. The lowest BCUT2D eigenvalue weighted by Crippen LogP contribution is -2.67. The highest BCUT2D eigenvalue weighted by Crippen LogP contribution is 2.39. The number of terminal acetylenes is 1. The van der Waals surface area contributed by atoms with Crippen LogP contribution in [0.25, 0.3) is 10.9 Å². The van der Waals surface area contributed by atoms with Gasteiger partial charge in [0.05, 0.1) is 23.5 Å². The van der Waals surface area contributed by atoms with Gasteiger partial charge in [0.2, 0.25) is 11.8 Å². The van der Waals surface area contributed by atoms with Crippen LogP contribution in [0.2, 0.25) is 12.6 Å². The minimum absolute atomic E-state index is 0.153. The zero-order chi connectivity index (χ0) is 37.7. The largest absolute Gasteiger partial charge is 0.481 e. The molecule has 0 spiro atoms. The molecule has 5 rings (SSSR count). The van der Waals surface area contributed by atoms with Crippen LogP contribution in [0.5, 0.6) is 0 Å². The molecule has 1 saturated heterocycles. The fourth-order valence-corrected chi connectivity index (χ4v) is 8.33. The highest BCUT2D eigenvalue weighted by Gasteiger charge is 2.47. The summed E-state index contributed by atoms with van der Waals surface area (Å²) in [6.07, 6.45) is 5.83. The van der Waals surface area contributed by atoms with Gasteiger partial charge in [-0.2, -0.15) is 0 Å². The Bertz CT molecular complexity index is 1990. The number of carboxylic acids is 2. The molecule has 1 fully saturated rings. The number of nitrogens with zero attached hydrogens (tertiary/aromatic N) is 3. The number of aliphatic hydroxyl groups is 1. The van der Waals surface area contributed by atoms with Crippen LogP contribution >= 0.6 is 0 Å². The third-order valence-corrected chi connectivity index (χ3v) is 12.3. The maximum Gasteiger partial charge on any atom is 0.326 e. The van der Waals surface area contributed by atoms with E-state index in [2.05, 4.69) is 26.5 Å². The fraction of sp³-hybridized carbons (Fsp3) is 0.400. The Hall–Kier alpha value is -5.57. The van der Waals surface area contributed by atoms with Crippen molar-refractivity contribution in [1.29, 1.82) is 0 Å². The lowest BCUT2D eigenvalue weighted by Gasteiger charge is -2.45. The predicted molar refractivity (Wildman–Crippen MR) is 189 cm³/mol. The summed E-state index contributed by atoms with van der Waals surface area (Å²) in [5.41, 5.74) is 2.87. The molecular formula is C35H40N6O10Si. The van der Waals surface area contributed by atoms with Gasteiger partial charge in [-0.3, -0.25) is 24.0 Å². The molecule has 2 aliphatic rings. The minimum Gasteiger partial charge on any atom is -0.481 e. The topological polar surface area (TPSA) is 243 Å². The Morgan fingerprint density at radius 2 is 1.81 bits per heavy atom. The third-order valence-electron chi connectivity index (χ3n) is 9.51. The molecule has 2 heterocycles. The summed E-state index contributed by atoms with van der Waals surface area (Å²) in [5, 5.41) is 33.6. The van der Waals surface area contributed by atoms with E-state index in [1.807, 2.05) is 11.0 Å². The summed E-state index contributed by atoms with van der Waals surface area (Å²) >= 11 is 0. The Labute approximate surface area is 299 Å². The van der Waals surface area contributed by atoms with E-state index in [9.17, 15) is 43.8 Å². The van der Waals surface area contributed by atoms with Crippen molar-refractivity contribution in [2.75, 3.05) is 18.0 Å². The van der Waals surface area contributed by atoms with Crippen molar-refractivity contribution >= 4 is 54.7 Å². The molecule has 52 heavy (non-hydrogen) atoms. The second-order valence-corrected chi connectivity index (χ2v) is 16.6. The van der Waals surface area contributed by atoms with Gasteiger partial charge in [-0.05, 0) is 79.8 Å². The van der Waals surface area contributed by atoms with E-state index in [0.29, 0.717) is 42.0 Å². The number of aromatic nitrogens is 2. The van der Waals surface area contributed by atoms with Crippen LogP contribution in [0.15, 0.2) is 41.2 Å². The Morgan fingerprint density at radius 1 is 1.10 bits per heavy atom. The van der Waals surface area contributed by atoms with Gasteiger partial charge in [0.25, 0.3) is 19.9 Å². The standard InChI is InChI=1S/C35H40N6O10Si/c1-3-14-40(28-11-6-21-17-27-24(18-23(21)28)33(47)39-29(19-42)36-27)22-7-4-20(5-8-22)32(46)38-26(35(49)50)9-12-30(43)37-25(10-13-31(44)45)34(48)41-15-16-52(41,2)51/h1,4-5,7-8,17-18,25-26,28,42,51H,6,9-16,19H2,2H3,(H,37,43)(H,38,46)(H,44,45)(H,49,50)(H,36,39,47)/t25-,26+,28+,52?/m1/s1. The predicted octanol–water partition coefficient (Wildman–Crippen LogP) is 0.762. The van der Waals surface area contributed by atoms with E-state index in [4.69, 9.17) is 11.5 Å². The number of benzene rings is 2. The number of H-pyrrole nitrogens is 1. The van der Waals surface area contributed by atoms with Crippen LogP contribution < -0.4 is 21.1 Å². The summed E-state index contributed by atoms with van der Waals surface area (Å²) < 4.78 is 1.28. The first-order valence-corrected chi connectivity index (χ1v) is 19.4. The van der Waals surface area contributed by atoms with Crippen molar-refractivity contribution in [2.24, 2.45) is 0 Å². The van der Waals surface area contributed by atoms with Crippen molar-refractivity contribution in [1.82, 2.24) is 25.2 Å². The number of rotatable bonds is 15. The second kappa shape index (κ2) is 15.8. The molecule has 1 aliphatic carbocycles. The average Bonchev–Trinajstić information content (AvgIpc) is 3.51. The number of hydrogen-bond donors (Lipinski definition) is 7. The lowest BCUT2D eigenvalue weighted by molar-refractivity contribution is -0.141. The van der Waals surface area contributed by atoms with Crippen LogP contribution in [-0.2, 0) is 32.2 Å². The van der Waals surface area contributed by atoms with Gasteiger partial charge in [-0.15, -0.1) is 6.42 Å². The quantitative estimate of drug-likeness (QED) is 0.0847. The molecule has 274 valence electrons. The normalized spacial score (nSPS) is 18.7. The highest BCUT2D eigenvalue weighted by atomic mass is 28.4. The van der Waals surface area contributed by atoms with Gasteiger partial charge in [-0.25, -0.2) is 9.78 Å². The van der Waals surface area contributed by atoms with Crippen molar-refractivity contribution in [2.45, 2.75) is 75.8 Å². The van der Waals surface area contributed by atoms with Crippen LogP contribution in [0.3, 0.4) is 0 Å². The van der Waals surface area contributed by atoms with Crippen molar-refractivity contribution in [3.8, 4) is 12.3 Å². The second-order valence-electron chi connectivity index (χ2n) is 13.1. The van der Waals surface area contributed by atoms with Crippen molar-refractivity contribution < 1.29 is 44.1 Å². The maximum atomic E-state index is 13.1. The van der Waals surface area contributed by atoms with Crippen LogP contribution in [0, 0.1) is 12.3 Å². The smallest absolute Gasteiger partial charge is 0.326 e. The number of aliphatic carboxylic acids is 2. The molecule has 3 amide bonds. The van der Waals surface area contributed by atoms with E-state index in [0.717, 1.165) is 11.1 Å². The van der Waals surface area contributed by atoms with Gasteiger partial charge in [0.1, 0.15) is 24.5 Å². The molecule has 17 heteroatoms. The minimum atomic E-state index is -2.94. The number of anilines is 1. The van der Waals surface area contributed by atoms with Crippen LogP contribution in [0.1, 0.15) is 65.5 Å². The molecule has 0 bridgehead atoms. The number of aryl methyl sites for hydroxylation is 1. The van der Waals surface area contributed by atoms with Crippen molar-refractivity contribution in [3.63, 3.8) is 0 Å². The number of nitrogens with one attached hydrogen (secondary N) is 3. The molecule has 1 aromatic heterocycles. The molecule has 1 unspecified atom stereocenters. The van der Waals surface area contributed by atoms with E-state index in [1.54, 1.807) is 24.7 Å². The van der Waals surface area contributed by atoms with E-state index in [-0.39, 0.29) is 48.8 Å². The Kier molecular flexibility index (Phi) is 11.4.